The number of halogens is 6. The van der Waals surface area contributed by atoms with Crippen LogP contribution in [0.4, 0.5) is 26.3 Å². The van der Waals surface area contributed by atoms with Gasteiger partial charge in [-0.3, -0.25) is 9.59 Å². The normalized spacial score (nSPS) is 10.9. The molecule has 0 saturated carbocycles. The molecule has 0 heterocycles. The Bertz CT molecular complexity index is 273. The molecule has 0 bridgehead atoms. The van der Waals surface area contributed by atoms with Crippen LogP contribution in [0.25, 0.3) is 0 Å². The number of nitriles is 1. The van der Waals surface area contributed by atoms with Crippen molar-refractivity contribution in [3.63, 3.8) is 0 Å². The van der Waals surface area contributed by atoms with Gasteiger partial charge >= 0.3 is 12.4 Å². The van der Waals surface area contributed by atoms with E-state index < -0.39 is 30.3 Å². The van der Waals surface area contributed by atoms with E-state index in [1.54, 1.807) is 6.07 Å². The average molecular weight is 249 g/mol. The molecule has 3 nitrogen and oxygen atoms in total. The molecule has 0 saturated heterocycles. The molecule has 0 aliphatic heterocycles. The van der Waals surface area contributed by atoms with Crippen molar-refractivity contribution in [1.29, 1.82) is 5.26 Å². The molecule has 92 valence electrons. The first kappa shape index (κ1) is 16.8. The molecule has 0 aliphatic carbocycles. The van der Waals surface area contributed by atoms with E-state index in [0.717, 1.165) is 0 Å². The lowest BCUT2D eigenvalue weighted by molar-refractivity contribution is -0.182. The molecule has 9 heteroatoms. The summed E-state index contributed by atoms with van der Waals surface area (Å²) >= 11 is 0. The highest BCUT2D eigenvalue weighted by Gasteiger charge is 2.46. The summed E-state index contributed by atoms with van der Waals surface area (Å²) in [6.45, 7) is 1.43. The van der Waals surface area contributed by atoms with Gasteiger partial charge < -0.3 is 0 Å². The van der Waals surface area contributed by atoms with Crippen LogP contribution in [-0.2, 0) is 9.59 Å². The number of Topliss-reactive ketones (excluding diaryl/α,β-unsaturated/α-hetero) is 2. The minimum absolute atomic E-state index is 1.43. The van der Waals surface area contributed by atoms with Crippen LogP contribution in [0.15, 0.2) is 0 Å². The molecule has 0 atom stereocenters. The van der Waals surface area contributed by atoms with Crippen molar-refractivity contribution >= 4 is 11.6 Å². The molecule has 0 aromatic carbocycles. The maximum absolute atomic E-state index is 11.3. The second-order valence-electron chi connectivity index (χ2n) is 2.24. The zero-order valence-electron chi connectivity index (χ0n) is 7.74. The van der Waals surface area contributed by atoms with Crippen molar-refractivity contribution in [2.75, 3.05) is 0 Å². The largest absolute Gasteiger partial charge is 0.450 e. The van der Waals surface area contributed by atoms with Crippen molar-refractivity contribution in [1.82, 2.24) is 0 Å². The highest BCUT2D eigenvalue weighted by molar-refractivity contribution is 6.03. The van der Waals surface area contributed by atoms with Crippen LogP contribution < -0.4 is 0 Å². The first-order valence-corrected chi connectivity index (χ1v) is 3.47. The second kappa shape index (κ2) is 6.09. The zero-order valence-corrected chi connectivity index (χ0v) is 7.74. The van der Waals surface area contributed by atoms with Gasteiger partial charge in [0, 0.05) is 6.92 Å². The number of hydrogen-bond acceptors (Lipinski definition) is 3. The molecule has 0 aromatic heterocycles. The lowest BCUT2D eigenvalue weighted by atomic mass is 10.2. The topological polar surface area (TPSA) is 57.9 Å². The highest BCUT2D eigenvalue weighted by atomic mass is 19.4. The first-order valence-electron chi connectivity index (χ1n) is 3.47. The van der Waals surface area contributed by atoms with E-state index in [1.165, 1.54) is 6.92 Å². The lowest BCUT2D eigenvalue weighted by Gasteiger charge is -2.06. The van der Waals surface area contributed by atoms with Gasteiger partial charge in [0.25, 0.3) is 0 Å². The Morgan fingerprint density at radius 1 is 1.00 bits per heavy atom. The molecule has 0 aromatic rings. The summed E-state index contributed by atoms with van der Waals surface area (Å²) in [6.07, 6.45) is -13.0. The fourth-order valence-corrected chi connectivity index (χ4v) is 0.346. The van der Waals surface area contributed by atoms with Crippen molar-refractivity contribution in [2.45, 2.75) is 25.7 Å². The predicted molar refractivity (Wildman–Crippen MR) is 38.0 cm³/mol. The van der Waals surface area contributed by atoms with Crippen molar-refractivity contribution < 1.29 is 35.9 Å². The first-order chi connectivity index (χ1) is 6.96. The monoisotopic (exact) mass is 249 g/mol. The standard InChI is InChI=1S/C5H2F6O2.C2H3N/c6-4(7,8)2(12)1-3(13)5(9,10)11;1-2-3/h1H2;1H3. The Labute approximate surface area is 85.6 Å². The molecule has 0 aliphatic rings. The highest BCUT2D eigenvalue weighted by Crippen LogP contribution is 2.23. The molecular weight excluding hydrogens is 244 g/mol. The van der Waals surface area contributed by atoms with Crippen LogP contribution >= 0.6 is 0 Å². The van der Waals surface area contributed by atoms with Gasteiger partial charge in [-0.25, -0.2) is 0 Å². The number of nitrogens with zero attached hydrogens (tertiary/aromatic N) is 1. The maximum Gasteiger partial charge on any atom is 0.450 e. The number of ketones is 2. The van der Waals surface area contributed by atoms with Gasteiger partial charge in [0.2, 0.25) is 11.6 Å². The quantitative estimate of drug-likeness (QED) is 0.556. The van der Waals surface area contributed by atoms with Gasteiger partial charge in [0.15, 0.2) is 0 Å². The molecule has 16 heavy (non-hydrogen) atoms. The SMILES string of the molecule is CC#N.O=C(CC(=O)C(F)(F)F)C(F)(F)F. The van der Waals surface area contributed by atoms with Gasteiger partial charge in [-0.2, -0.15) is 31.6 Å². The molecule has 0 unspecified atom stereocenters. The van der Waals surface area contributed by atoms with E-state index in [2.05, 4.69) is 0 Å². The minimum atomic E-state index is -5.40. The fourth-order valence-electron chi connectivity index (χ4n) is 0.346. The molecule has 0 rings (SSSR count). The Hall–Kier alpha value is -1.59. The fraction of sp³-hybridized carbons (Fsp3) is 0.571. The van der Waals surface area contributed by atoms with E-state index in [0.29, 0.717) is 0 Å². The van der Waals surface area contributed by atoms with Crippen molar-refractivity contribution in [2.24, 2.45) is 0 Å². The molecule has 0 N–H and O–H groups in total. The Morgan fingerprint density at radius 2 is 1.19 bits per heavy atom. The summed E-state index contributed by atoms with van der Waals surface area (Å²) in [5.41, 5.74) is 0. The maximum atomic E-state index is 11.3. The predicted octanol–water partition coefficient (Wildman–Crippen LogP) is 2.17. The third-order valence-corrected chi connectivity index (χ3v) is 0.953. The van der Waals surface area contributed by atoms with E-state index >= 15 is 0 Å². The van der Waals surface area contributed by atoms with E-state index in [-0.39, 0.29) is 0 Å². The van der Waals surface area contributed by atoms with Crippen LogP contribution in [0.1, 0.15) is 13.3 Å². The third kappa shape index (κ3) is 7.78. The van der Waals surface area contributed by atoms with Crippen LogP contribution in [0.5, 0.6) is 0 Å². The van der Waals surface area contributed by atoms with Crippen LogP contribution in [-0.4, -0.2) is 23.9 Å². The third-order valence-electron chi connectivity index (χ3n) is 0.953. The van der Waals surface area contributed by atoms with Gasteiger partial charge in [0.1, 0.15) is 0 Å². The van der Waals surface area contributed by atoms with Crippen molar-refractivity contribution in [3.8, 4) is 6.07 Å². The smallest absolute Gasteiger partial charge is 0.289 e. The molecule has 0 fully saturated rings. The minimum Gasteiger partial charge on any atom is -0.289 e. The average Bonchev–Trinajstić information content (AvgIpc) is 2.01. The molecule has 0 amide bonds. The molecular formula is C7H5F6NO2. The van der Waals surface area contributed by atoms with Gasteiger partial charge in [-0.1, -0.05) is 0 Å². The molecule has 0 spiro atoms. The van der Waals surface area contributed by atoms with Gasteiger partial charge in [0.05, 0.1) is 12.5 Å². The number of hydrogen-bond donors (Lipinski definition) is 0. The number of carbonyl (C=O) groups is 2. The van der Waals surface area contributed by atoms with Crippen LogP contribution in [0.2, 0.25) is 0 Å². The number of rotatable bonds is 2. The molecule has 0 radical (unpaired) electrons. The Kier molecular flexibility index (Phi) is 6.41. The zero-order chi connectivity index (χ0) is 13.6. The van der Waals surface area contributed by atoms with Crippen molar-refractivity contribution in [3.05, 3.63) is 0 Å². The summed E-state index contributed by atoms with van der Waals surface area (Å²) in [6, 6.07) is 1.75. The van der Waals surface area contributed by atoms with Crippen LogP contribution in [0.3, 0.4) is 0 Å². The summed E-state index contributed by atoms with van der Waals surface area (Å²) in [4.78, 5) is 19.8. The summed E-state index contributed by atoms with van der Waals surface area (Å²) in [7, 11) is 0. The van der Waals surface area contributed by atoms with Gasteiger partial charge in [-0.15, -0.1) is 0 Å². The Balaban J connectivity index is 0. The van der Waals surface area contributed by atoms with Gasteiger partial charge in [-0.05, 0) is 0 Å². The Morgan fingerprint density at radius 3 is 1.31 bits per heavy atom. The van der Waals surface area contributed by atoms with E-state index in [9.17, 15) is 35.9 Å². The number of alkyl halides is 6. The number of carbonyl (C=O) groups excluding carboxylic acids is 2. The lowest BCUT2D eigenvalue weighted by Crippen LogP contribution is -2.31. The van der Waals surface area contributed by atoms with Crippen LogP contribution in [0, 0.1) is 11.3 Å². The summed E-state index contributed by atoms with van der Waals surface area (Å²) in [5, 5.41) is 7.32. The van der Waals surface area contributed by atoms with E-state index in [4.69, 9.17) is 5.26 Å². The summed E-state index contributed by atoms with van der Waals surface area (Å²) in [5.74, 6) is -5.40. The summed E-state index contributed by atoms with van der Waals surface area (Å²) < 4.78 is 68.0. The second-order valence-corrected chi connectivity index (χ2v) is 2.24. The van der Waals surface area contributed by atoms with E-state index in [1.807, 2.05) is 0 Å².